The van der Waals surface area contributed by atoms with Crippen LogP contribution in [0, 0.1) is 0 Å². The van der Waals surface area contributed by atoms with Crippen LogP contribution in [0.5, 0.6) is 0 Å². The second kappa shape index (κ2) is 25.7. The lowest BCUT2D eigenvalue weighted by Crippen LogP contribution is -2.16. The first-order chi connectivity index (χ1) is 17.7. The molecule has 0 aliphatic heterocycles. The van der Waals surface area contributed by atoms with Crippen LogP contribution in [-0.2, 0) is 35.4 Å². The second-order valence-corrected chi connectivity index (χ2v) is 17.5. The molecule has 1 atom stereocenters. The Morgan fingerprint density at radius 3 is 1.32 bits per heavy atom. The van der Waals surface area contributed by atoms with Crippen LogP contribution in [0.1, 0.15) is 149 Å². The smallest absolute Gasteiger partial charge is 0.322 e. The Hall–Kier alpha value is 0.790. The van der Waals surface area contributed by atoms with E-state index < -0.39 is 22.2 Å². The van der Waals surface area contributed by atoms with Gasteiger partial charge in [-0.25, -0.2) is 4.18 Å². The Labute approximate surface area is 239 Å². The van der Waals surface area contributed by atoms with Gasteiger partial charge in [0, 0.05) is 5.75 Å². The predicted molar refractivity (Wildman–Crippen MR) is 164 cm³/mol. The maximum absolute atomic E-state index is 11.0. The largest absolute Gasteiger partial charge is 0.397 e. The molecular weight excluding hydrogens is 547 g/mol. The van der Waals surface area contributed by atoms with E-state index in [1.165, 1.54) is 114 Å². The van der Waals surface area contributed by atoms with Crippen molar-refractivity contribution in [3.8, 4) is 0 Å². The lowest BCUT2D eigenvalue weighted by atomic mass is 10.1. The normalized spacial score (nSPS) is 13.3. The molecule has 0 aromatic carbocycles. The van der Waals surface area contributed by atoms with E-state index in [-0.39, 0.29) is 5.75 Å². The summed E-state index contributed by atoms with van der Waals surface area (Å²) in [6, 6.07) is 0. The van der Waals surface area contributed by atoms with Gasteiger partial charge >= 0.3 is 10.4 Å². The maximum atomic E-state index is 11.0. The third-order valence-corrected chi connectivity index (χ3v) is 12.4. The zero-order chi connectivity index (χ0) is 27.7. The molecule has 6 nitrogen and oxygen atoms in total. The van der Waals surface area contributed by atoms with Crippen molar-refractivity contribution < 1.29 is 26.2 Å². The molecule has 0 fully saturated rings. The van der Waals surface area contributed by atoms with Crippen LogP contribution in [0.2, 0.25) is 0 Å². The van der Waals surface area contributed by atoms with Crippen molar-refractivity contribution in [2.45, 2.75) is 155 Å². The average molecular weight is 605 g/mol. The highest BCUT2D eigenvalue weighted by Crippen LogP contribution is 2.61. The fourth-order valence-electron chi connectivity index (χ4n) is 4.08. The summed E-state index contributed by atoms with van der Waals surface area (Å²) >= 11 is 7.08. The Balaban J connectivity index is 4.20. The molecule has 37 heavy (non-hydrogen) atoms. The van der Waals surface area contributed by atoms with Crippen LogP contribution in [0.4, 0.5) is 0 Å². The van der Waals surface area contributed by atoms with Gasteiger partial charge in [-0.3, -0.25) is 4.55 Å². The monoisotopic (exact) mass is 604 g/mol. The third kappa shape index (κ3) is 28.1. The van der Waals surface area contributed by atoms with Crippen molar-refractivity contribution in [1.29, 1.82) is 0 Å². The Kier molecular flexibility index (Phi) is 26.3. The maximum Gasteiger partial charge on any atom is 0.397 e. The van der Waals surface area contributed by atoms with E-state index in [1.807, 2.05) is 0 Å². The Morgan fingerprint density at radius 1 is 0.676 bits per heavy atom. The summed E-state index contributed by atoms with van der Waals surface area (Å²) in [6.07, 6.45) is 24.4. The van der Waals surface area contributed by atoms with Crippen molar-refractivity contribution in [2.75, 3.05) is 19.0 Å². The summed E-state index contributed by atoms with van der Waals surface area (Å²) in [5.41, 5.74) is -2.60. The highest BCUT2D eigenvalue weighted by Gasteiger charge is 2.23. The van der Waals surface area contributed by atoms with Gasteiger partial charge in [0.15, 0.2) is 0 Å². The molecule has 0 radical (unpaired) electrons. The molecule has 10 heteroatoms. The molecule has 1 N–H and O–H groups in total. The lowest BCUT2D eigenvalue weighted by molar-refractivity contribution is 0.216. The van der Waals surface area contributed by atoms with Crippen LogP contribution in [0.3, 0.4) is 0 Å². The molecule has 224 valence electrons. The molecular formula is C27H57O6PS3. The first-order valence-corrected chi connectivity index (χ1v) is 20.5. The van der Waals surface area contributed by atoms with Gasteiger partial charge in [0.05, 0.1) is 19.3 Å². The van der Waals surface area contributed by atoms with E-state index >= 15 is 0 Å². The van der Waals surface area contributed by atoms with Crippen molar-refractivity contribution in [1.82, 2.24) is 0 Å². The number of unbranched alkanes of at least 4 members (excludes halogenated alkanes) is 18. The highest BCUT2D eigenvalue weighted by atomic mass is 32.9. The van der Waals surface area contributed by atoms with Gasteiger partial charge in [-0.1, -0.05) is 141 Å². The summed E-state index contributed by atoms with van der Waals surface area (Å²) in [4.78, 5) is 0. The quantitative estimate of drug-likeness (QED) is 0.0513. The summed E-state index contributed by atoms with van der Waals surface area (Å²) in [7, 11) is -4.49. The van der Waals surface area contributed by atoms with Crippen molar-refractivity contribution in [3.63, 3.8) is 0 Å². The molecule has 1 unspecified atom stereocenters. The van der Waals surface area contributed by atoms with Crippen LogP contribution in [0.25, 0.3) is 0 Å². The van der Waals surface area contributed by atoms with E-state index in [4.69, 9.17) is 25.4 Å². The fourth-order valence-corrected chi connectivity index (χ4v) is 9.10. The van der Waals surface area contributed by atoms with Crippen LogP contribution in [0.15, 0.2) is 0 Å². The minimum absolute atomic E-state index is 0.285. The highest BCUT2D eigenvalue weighted by molar-refractivity contribution is 8.67. The standard InChI is InChI=1S/C27H57O6PS3/c1-4-6-8-10-12-14-16-18-20-22-24-31-34(35,36-26-27(3)33-37(28,29)30)32-25-23-21-19-17-15-13-11-9-7-5-2/h27H,4-26H2,1-3H3,(H,28,29,30). The van der Waals surface area contributed by atoms with Gasteiger partial charge in [0.1, 0.15) is 0 Å². The molecule has 0 spiro atoms. The minimum atomic E-state index is -4.49. The van der Waals surface area contributed by atoms with E-state index in [0.717, 1.165) is 25.7 Å². The van der Waals surface area contributed by atoms with Crippen molar-refractivity contribution in [2.24, 2.45) is 0 Å². The molecule has 0 amide bonds. The lowest BCUT2D eigenvalue weighted by Gasteiger charge is -2.23. The number of hydrogen-bond acceptors (Lipinski definition) is 7. The molecule has 0 aromatic heterocycles. The summed E-state index contributed by atoms with van der Waals surface area (Å²) < 4.78 is 47.6. The van der Waals surface area contributed by atoms with Gasteiger partial charge < -0.3 is 9.05 Å². The Morgan fingerprint density at radius 2 is 1.00 bits per heavy atom. The van der Waals surface area contributed by atoms with Gasteiger partial charge in [0.25, 0.3) is 0 Å². The van der Waals surface area contributed by atoms with E-state index in [0.29, 0.717) is 13.2 Å². The molecule has 0 aliphatic carbocycles. The van der Waals surface area contributed by atoms with E-state index in [2.05, 4.69) is 18.0 Å². The van der Waals surface area contributed by atoms with E-state index in [1.54, 1.807) is 6.92 Å². The predicted octanol–water partition coefficient (Wildman–Crippen LogP) is 10.0. The first-order valence-electron chi connectivity index (χ1n) is 14.9. The summed E-state index contributed by atoms with van der Waals surface area (Å²) in [5, 5.41) is 0. The minimum Gasteiger partial charge on any atom is -0.322 e. The molecule has 0 saturated heterocycles. The van der Waals surface area contributed by atoms with Crippen LogP contribution in [-0.4, -0.2) is 38.0 Å². The number of hydrogen-bond donors (Lipinski definition) is 1. The van der Waals surface area contributed by atoms with Gasteiger partial charge in [-0.05, 0) is 31.6 Å². The Bertz CT molecular complexity index is 618. The molecule has 0 aliphatic rings. The summed E-state index contributed by atoms with van der Waals surface area (Å²) in [6.45, 7) is 7.21. The van der Waals surface area contributed by atoms with Gasteiger partial charge in [-0.15, -0.1) is 0 Å². The average Bonchev–Trinajstić information content (AvgIpc) is 2.84. The second-order valence-electron chi connectivity index (χ2n) is 10.1. The van der Waals surface area contributed by atoms with Crippen LogP contribution >= 0.6 is 17.1 Å². The molecule has 0 heterocycles. The molecule has 0 rings (SSSR count). The van der Waals surface area contributed by atoms with Crippen molar-refractivity contribution in [3.05, 3.63) is 0 Å². The zero-order valence-electron chi connectivity index (χ0n) is 24.0. The fraction of sp³-hybridized carbons (Fsp3) is 1.00. The van der Waals surface area contributed by atoms with Gasteiger partial charge in [0.2, 0.25) is 5.69 Å². The topological polar surface area (TPSA) is 82.1 Å². The van der Waals surface area contributed by atoms with Gasteiger partial charge in [-0.2, -0.15) is 8.42 Å². The first kappa shape index (κ1) is 37.8. The SMILES string of the molecule is CCCCCCCCCCCCOP(=S)(OCCCCCCCCCCCC)SCC(C)OS(=O)(=O)O. The summed E-state index contributed by atoms with van der Waals surface area (Å²) in [5.74, 6) is 0.285. The zero-order valence-corrected chi connectivity index (χ0v) is 27.3. The molecule has 0 bridgehead atoms. The number of rotatable bonds is 29. The van der Waals surface area contributed by atoms with Crippen molar-refractivity contribution >= 4 is 39.3 Å². The molecule has 0 saturated carbocycles. The van der Waals surface area contributed by atoms with Crippen LogP contribution < -0.4 is 0 Å². The van der Waals surface area contributed by atoms with E-state index in [9.17, 15) is 8.42 Å². The molecule has 0 aromatic rings. The third-order valence-electron chi connectivity index (χ3n) is 6.25.